The number of rotatable bonds is 8. The molecule has 1 rings (SSSR count). The van der Waals surface area contributed by atoms with Crippen molar-refractivity contribution in [2.45, 2.75) is 64.9 Å². The van der Waals surface area contributed by atoms with E-state index in [1.54, 1.807) is 34.6 Å². The number of hydrogen-bond acceptors (Lipinski definition) is 7. The maximum absolute atomic E-state index is 12.8. The number of nitrogens with two attached hydrogens (primary N) is 1. The Bertz CT molecular complexity index is 706. The van der Waals surface area contributed by atoms with Crippen molar-refractivity contribution in [3.05, 3.63) is 35.4 Å². The fourth-order valence-corrected chi connectivity index (χ4v) is 2.53. The lowest BCUT2D eigenvalue weighted by Gasteiger charge is -2.31. The number of carbonyl (C=O) groups excluding carboxylic acids is 2. The van der Waals surface area contributed by atoms with Crippen LogP contribution in [0.1, 0.15) is 58.3 Å². The highest BCUT2D eigenvalue weighted by atomic mass is 16.6. The summed E-state index contributed by atoms with van der Waals surface area (Å²) in [6.07, 6.45) is -1.73. The molecule has 4 N–H and O–H groups in total. The molecule has 0 saturated heterocycles. The Morgan fingerprint density at radius 1 is 1.07 bits per heavy atom. The molecule has 0 bridgehead atoms. The molecule has 8 heteroatoms. The summed E-state index contributed by atoms with van der Waals surface area (Å²) in [4.78, 5) is 37.0. The topological polar surface area (TPSA) is 136 Å². The molecule has 0 aliphatic rings. The Kier molecular flexibility index (Phi) is 7.72. The van der Waals surface area contributed by atoms with Crippen molar-refractivity contribution in [1.82, 2.24) is 0 Å². The molecular weight excluding hydrogens is 366 g/mol. The second-order valence-electron chi connectivity index (χ2n) is 8.09. The van der Waals surface area contributed by atoms with Gasteiger partial charge in [-0.05, 0) is 38.7 Å². The van der Waals surface area contributed by atoms with Crippen molar-refractivity contribution in [2.75, 3.05) is 0 Å². The lowest BCUT2D eigenvalue weighted by molar-refractivity contribution is -0.179. The van der Waals surface area contributed by atoms with E-state index in [1.165, 1.54) is 24.3 Å². The highest BCUT2D eigenvalue weighted by Gasteiger charge is 2.48. The number of aliphatic hydroxyl groups is 1. The number of benzene rings is 1. The molecule has 0 spiro atoms. The van der Waals surface area contributed by atoms with Gasteiger partial charge in [-0.25, -0.2) is 14.4 Å². The first-order chi connectivity index (χ1) is 12.8. The summed E-state index contributed by atoms with van der Waals surface area (Å²) in [5, 5.41) is 18.6. The van der Waals surface area contributed by atoms with Gasteiger partial charge < -0.3 is 25.4 Å². The largest absolute Gasteiger partial charge is 0.478 e. The monoisotopic (exact) mass is 395 g/mol. The minimum absolute atomic E-state index is 0.0729. The predicted octanol–water partition coefficient (Wildman–Crippen LogP) is 1.93. The molecule has 0 saturated carbocycles. The Labute approximate surface area is 164 Å². The number of ether oxygens (including phenoxy) is 2. The van der Waals surface area contributed by atoms with Gasteiger partial charge in [0, 0.05) is 5.56 Å². The van der Waals surface area contributed by atoms with Crippen LogP contribution in [0.5, 0.6) is 0 Å². The maximum Gasteiger partial charge on any atom is 0.349 e. The second kappa shape index (κ2) is 9.16. The van der Waals surface area contributed by atoms with Gasteiger partial charge in [0.25, 0.3) is 0 Å². The lowest BCUT2D eigenvalue weighted by Crippen LogP contribution is -2.59. The fraction of sp³-hybridized carbons (Fsp3) is 0.550. The normalized spacial score (nSPS) is 14.9. The first-order valence-corrected chi connectivity index (χ1v) is 8.96. The molecule has 0 amide bonds. The molecule has 0 aliphatic heterocycles. The first kappa shape index (κ1) is 23.6. The first-order valence-electron chi connectivity index (χ1n) is 8.96. The average molecular weight is 395 g/mol. The van der Waals surface area contributed by atoms with Crippen LogP contribution in [-0.4, -0.2) is 39.3 Å². The van der Waals surface area contributed by atoms with Crippen molar-refractivity contribution < 1.29 is 34.1 Å². The third kappa shape index (κ3) is 6.31. The molecule has 156 valence electrons. The van der Waals surface area contributed by atoms with E-state index in [0.717, 1.165) is 0 Å². The van der Waals surface area contributed by atoms with Crippen molar-refractivity contribution in [3.8, 4) is 0 Å². The van der Waals surface area contributed by atoms with Crippen LogP contribution in [0.25, 0.3) is 0 Å². The molecule has 0 heterocycles. The molecule has 0 fully saturated rings. The standard InChI is InChI=1S/C20H29NO7/c1-12(2)10-20(21,18(26)28-19(3,4)5)17(25)27-15(16(23)24)14-8-6-13(11-22)7-9-14/h6-9,12,15,22H,10-11,21H2,1-5H3,(H,23,24). The fourth-order valence-electron chi connectivity index (χ4n) is 2.53. The molecule has 2 atom stereocenters. The average Bonchev–Trinajstić information content (AvgIpc) is 2.57. The maximum atomic E-state index is 12.8. The number of esters is 2. The molecule has 2 unspecified atom stereocenters. The van der Waals surface area contributed by atoms with Crippen LogP contribution < -0.4 is 5.73 Å². The highest BCUT2D eigenvalue weighted by Crippen LogP contribution is 2.26. The molecule has 28 heavy (non-hydrogen) atoms. The van der Waals surface area contributed by atoms with Gasteiger partial charge in [-0.1, -0.05) is 38.1 Å². The molecule has 0 radical (unpaired) electrons. The summed E-state index contributed by atoms with van der Waals surface area (Å²) in [6, 6.07) is 5.87. The summed E-state index contributed by atoms with van der Waals surface area (Å²) in [5.74, 6) is -3.72. The number of carbonyl (C=O) groups is 3. The molecular formula is C20H29NO7. The summed E-state index contributed by atoms with van der Waals surface area (Å²) in [6.45, 7) is 8.22. The van der Waals surface area contributed by atoms with E-state index >= 15 is 0 Å². The van der Waals surface area contributed by atoms with Gasteiger partial charge in [0.05, 0.1) is 6.61 Å². The molecule has 1 aromatic rings. The van der Waals surface area contributed by atoms with Gasteiger partial charge in [-0.2, -0.15) is 0 Å². The van der Waals surface area contributed by atoms with Gasteiger partial charge in [0.15, 0.2) is 0 Å². The third-order valence-corrected chi connectivity index (χ3v) is 3.77. The summed E-state index contributed by atoms with van der Waals surface area (Å²) < 4.78 is 10.4. The Balaban J connectivity index is 3.17. The summed E-state index contributed by atoms with van der Waals surface area (Å²) >= 11 is 0. The number of carboxylic acid groups (broad SMARTS) is 1. The van der Waals surface area contributed by atoms with E-state index < -0.39 is 35.2 Å². The third-order valence-electron chi connectivity index (χ3n) is 3.77. The molecule has 8 nitrogen and oxygen atoms in total. The van der Waals surface area contributed by atoms with Gasteiger partial charge in [0.2, 0.25) is 11.6 Å². The van der Waals surface area contributed by atoms with Crippen LogP contribution in [-0.2, 0) is 30.5 Å². The van der Waals surface area contributed by atoms with Crippen LogP contribution in [0.4, 0.5) is 0 Å². The van der Waals surface area contributed by atoms with Crippen molar-refractivity contribution in [3.63, 3.8) is 0 Å². The smallest absolute Gasteiger partial charge is 0.349 e. The van der Waals surface area contributed by atoms with Crippen LogP contribution in [0.2, 0.25) is 0 Å². The van der Waals surface area contributed by atoms with Crippen molar-refractivity contribution >= 4 is 17.9 Å². The summed E-state index contributed by atoms with van der Waals surface area (Å²) in [5.41, 5.74) is 3.81. The Hall–Kier alpha value is -2.45. The summed E-state index contributed by atoms with van der Waals surface area (Å²) in [7, 11) is 0. The Morgan fingerprint density at radius 2 is 1.61 bits per heavy atom. The quantitative estimate of drug-likeness (QED) is 0.449. The van der Waals surface area contributed by atoms with E-state index in [1.807, 2.05) is 0 Å². The predicted molar refractivity (Wildman–Crippen MR) is 101 cm³/mol. The van der Waals surface area contributed by atoms with E-state index in [-0.39, 0.29) is 24.5 Å². The van der Waals surface area contributed by atoms with Crippen LogP contribution in [0.3, 0.4) is 0 Å². The van der Waals surface area contributed by atoms with E-state index in [9.17, 15) is 19.5 Å². The molecule has 1 aromatic carbocycles. The number of hydrogen-bond donors (Lipinski definition) is 3. The SMILES string of the molecule is CC(C)CC(N)(C(=O)OC(C(=O)O)c1ccc(CO)cc1)C(=O)OC(C)(C)C. The number of aliphatic hydroxyl groups excluding tert-OH is 1. The van der Waals surface area contributed by atoms with Gasteiger partial charge >= 0.3 is 17.9 Å². The number of carboxylic acids is 1. The van der Waals surface area contributed by atoms with E-state index in [4.69, 9.17) is 20.3 Å². The van der Waals surface area contributed by atoms with Gasteiger partial charge in [0.1, 0.15) is 5.60 Å². The van der Waals surface area contributed by atoms with Crippen molar-refractivity contribution in [1.29, 1.82) is 0 Å². The highest BCUT2D eigenvalue weighted by molar-refractivity contribution is 6.05. The minimum Gasteiger partial charge on any atom is -0.478 e. The van der Waals surface area contributed by atoms with Crippen LogP contribution >= 0.6 is 0 Å². The zero-order chi connectivity index (χ0) is 21.7. The van der Waals surface area contributed by atoms with Crippen molar-refractivity contribution in [2.24, 2.45) is 11.7 Å². The van der Waals surface area contributed by atoms with Gasteiger partial charge in [-0.3, -0.25) is 0 Å². The van der Waals surface area contributed by atoms with Gasteiger partial charge in [-0.15, -0.1) is 0 Å². The van der Waals surface area contributed by atoms with Crippen LogP contribution in [0.15, 0.2) is 24.3 Å². The zero-order valence-electron chi connectivity index (χ0n) is 16.9. The molecule has 0 aliphatic carbocycles. The zero-order valence-corrected chi connectivity index (χ0v) is 16.9. The van der Waals surface area contributed by atoms with Crippen LogP contribution in [0, 0.1) is 5.92 Å². The minimum atomic E-state index is -2.14. The van der Waals surface area contributed by atoms with E-state index in [2.05, 4.69) is 0 Å². The number of aliphatic carboxylic acids is 1. The van der Waals surface area contributed by atoms with E-state index in [0.29, 0.717) is 5.56 Å². The lowest BCUT2D eigenvalue weighted by atomic mass is 9.89. The molecule has 0 aromatic heterocycles. The second-order valence-corrected chi connectivity index (χ2v) is 8.09. The Morgan fingerprint density at radius 3 is 2.00 bits per heavy atom.